The van der Waals surface area contributed by atoms with Crippen LogP contribution in [0.1, 0.15) is 19.8 Å². The average molecular weight is 299 g/mol. The minimum absolute atomic E-state index is 0.228. The van der Waals surface area contributed by atoms with Gasteiger partial charge in [-0.1, -0.05) is 13.3 Å². The fraction of sp³-hybridized carbons (Fsp3) is 0.333. The smallest absolute Gasteiger partial charge is 0.326 e. The van der Waals surface area contributed by atoms with Crippen molar-refractivity contribution in [1.82, 2.24) is 5.32 Å². The quantitative estimate of drug-likeness (QED) is 0.548. The van der Waals surface area contributed by atoms with E-state index in [4.69, 9.17) is 5.11 Å². The monoisotopic (exact) mass is 299 g/mol. The summed E-state index contributed by atoms with van der Waals surface area (Å²) < 4.78 is 13.6. The van der Waals surface area contributed by atoms with Crippen molar-refractivity contribution in [3.05, 3.63) is 34.1 Å². The Morgan fingerprint density at radius 2 is 2.14 bits per heavy atom. The first-order chi connectivity index (χ1) is 9.85. The molecule has 1 atom stereocenters. The lowest BCUT2D eigenvalue weighted by Crippen LogP contribution is -2.43. The Morgan fingerprint density at radius 3 is 2.62 bits per heavy atom. The number of nitro benzene ring substituents is 1. The zero-order valence-electron chi connectivity index (χ0n) is 11.1. The van der Waals surface area contributed by atoms with Crippen molar-refractivity contribution in [2.45, 2.75) is 25.8 Å². The molecule has 0 spiro atoms. The summed E-state index contributed by atoms with van der Waals surface area (Å²) in [5.41, 5.74) is -0.730. The van der Waals surface area contributed by atoms with Crippen LogP contribution in [-0.4, -0.2) is 28.1 Å². The molecular formula is C12H14FN3O5. The number of aliphatic carboxylic acids is 1. The highest BCUT2D eigenvalue weighted by molar-refractivity contribution is 5.92. The minimum Gasteiger partial charge on any atom is -0.480 e. The molecule has 1 aromatic rings. The number of anilines is 1. The van der Waals surface area contributed by atoms with Gasteiger partial charge in [0.05, 0.1) is 16.7 Å². The summed E-state index contributed by atoms with van der Waals surface area (Å²) in [4.78, 5) is 32.1. The van der Waals surface area contributed by atoms with E-state index in [1.165, 1.54) is 0 Å². The Bertz CT molecular complexity index is 564. The zero-order valence-corrected chi connectivity index (χ0v) is 11.1. The Hall–Kier alpha value is -2.71. The minimum atomic E-state index is -1.20. The molecule has 0 heterocycles. The molecule has 0 fully saturated rings. The predicted molar refractivity (Wildman–Crippen MR) is 71.5 cm³/mol. The second-order valence-electron chi connectivity index (χ2n) is 4.20. The number of benzene rings is 1. The molecule has 0 aliphatic carbocycles. The summed E-state index contributed by atoms with van der Waals surface area (Å²) in [6, 6.07) is 0.734. The molecule has 0 unspecified atom stereocenters. The highest BCUT2D eigenvalue weighted by Gasteiger charge is 2.19. The summed E-state index contributed by atoms with van der Waals surface area (Å²) in [6.45, 7) is 1.76. The molecule has 0 radical (unpaired) electrons. The lowest BCUT2D eigenvalue weighted by atomic mass is 10.2. The summed E-state index contributed by atoms with van der Waals surface area (Å²) in [7, 11) is 0. The third-order valence-corrected chi connectivity index (χ3v) is 2.59. The van der Waals surface area contributed by atoms with Crippen LogP contribution in [0.25, 0.3) is 0 Å². The van der Waals surface area contributed by atoms with Crippen molar-refractivity contribution >= 4 is 23.4 Å². The first kappa shape index (κ1) is 16.3. The number of hydrogen-bond donors (Lipinski definition) is 3. The van der Waals surface area contributed by atoms with Crippen molar-refractivity contribution in [2.75, 3.05) is 5.32 Å². The van der Waals surface area contributed by atoms with Gasteiger partial charge in [0.15, 0.2) is 5.82 Å². The van der Waals surface area contributed by atoms with Crippen LogP contribution in [0.15, 0.2) is 18.2 Å². The standard InChI is InChI=1S/C12H14FN3O5/c1-2-3-10(11(17)18)15-12(19)14-9-5-4-7(16(20)21)6-8(9)13/h4-6,10H,2-3H2,1H3,(H,17,18)(H2,14,15,19)/t10-/m0/s1. The second-order valence-corrected chi connectivity index (χ2v) is 4.20. The maximum atomic E-state index is 13.6. The van der Waals surface area contributed by atoms with Crippen molar-refractivity contribution in [3.63, 3.8) is 0 Å². The molecular weight excluding hydrogens is 285 g/mol. The van der Waals surface area contributed by atoms with E-state index in [-0.39, 0.29) is 12.1 Å². The van der Waals surface area contributed by atoms with E-state index in [1.807, 2.05) is 0 Å². The Morgan fingerprint density at radius 1 is 1.48 bits per heavy atom. The van der Waals surface area contributed by atoms with Gasteiger partial charge in [0.25, 0.3) is 5.69 Å². The van der Waals surface area contributed by atoms with Crippen LogP contribution in [-0.2, 0) is 4.79 Å². The number of carboxylic acid groups (broad SMARTS) is 1. The van der Waals surface area contributed by atoms with E-state index in [0.29, 0.717) is 12.5 Å². The largest absolute Gasteiger partial charge is 0.480 e. The number of nitro groups is 1. The molecule has 1 rings (SSSR count). The Labute approximate surface area is 119 Å². The topological polar surface area (TPSA) is 122 Å². The summed E-state index contributed by atoms with van der Waals surface area (Å²) in [5.74, 6) is -2.18. The molecule has 2 amide bonds. The molecule has 0 bridgehead atoms. The second kappa shape index (κ2) is 7.17. The fourth-order valence-electron chi connectivity index (χ4n) is 1.58. The number of amides is 2. The molecule has 9 heteroatoms. The molecule has 1 aromatic carbocycles. The molecule has 0 saturated carbocycles. The number of hydrogen-bond acceptors (Lipinski definition) is 4. The van der Waals surface area contributed by atoms with Crippen LogP contribution in [0.3, 0.4) is 0 Å². The number of carboxylic acids is 1. The van der Waals surface area contributed by atoms with Crippen LogP contribution < -0.4 is 10.6 Å². The normalized spacial score (nSPS) is 11.5. The van der Waals surface area contributed by atoms with Gasteiger partial charge in [-0.15, -0.1) is 0 Å². The number of nitrogens with one attached hydrogen (secondary N) is 2. The van der Waals surface area contributed by atoms with Crippen LogP contribution in [0, 0.1) is 15.9 Å². The van der Waals surface area contributed by atoms with E-state index in [0.717, 1.165) is 12.1 Å². The fourth-order valence-corrected chi connectivity index (χ4v) is 1.58. The van der Waals surface area contributed by atoms with Crippen molar-refractivity contribution in [3.8, 4) is 0 Å². The molecule has 3 N–H and O–H groups in total. The van der Waals surface area contributed by atoms with E-state index in [9.17, 15) is 24.1 Å². The van der Waals surface area contributed by atoms with Crippen molar-refractivity contribution < 1.29 is 24.0 Å². The van der Waals surface area contributed by atoms with Crippen LogP contribution in [0.4, 0.5) is 20.6 Å². The Kier molecular flexibility index (Phi) is 5.58. The molecule has 0 aliphatic heterocycles. The summed E-state index contributed by atoms with van der Waals surface area (Å²) in [5, 5.41) is 23.6. The van der Waals surface area contributed by atoms with E-state index < -0.39 is 34.5 Å². The molecule has 0 aromatic heterocycles. The number of non-ortho nitro benzene ring substituents is 1. The van der Waals surface area contributed by atoms with Gasteiger partial charge in [-0.2, -0.15) is 0 Å². The number of rotatable bonds is 6. The Balaban J connectivity index is 2.74. The lowest BCUT2D eigenvalue weighted by Gasteiger charge is -2.14. The lowest BCUT2D eigenvalue weighted by molar-refractivity contribution is -0.385. The average Bonchev–Trinajstić information content (AvgIpc) is 2.40. The molecule has 114 valence electrons. The van der Waals surface area contributed by atoms with E-state index in [1.54, 1.807) is 6.92 Å². The van der Waals surface area contributed by atoms with Crippen molar-refractivity contribution in [1.29, 1.82) is 0 Å². The van der Waals surface area contributed by atoms with Crippen LogP contribution >= 0.6 is 0 Å². The highest BCUT2D eigenvalue weighted by Crippen LogP contribution is 2.20. The number of nitrogens with zero attached hydrogens (tertiary/aromatic N) is 1. The number of carbonyl (C=O) groups is 2. The number of halogens is 1. The summed E-state index contributed by atoms with van der Waals surface area (Å²) >= 11 is 0. The summed E-state index contributed by atoms with van der Waals surface area (Å²) in [6.07, 6.45) is 0.772. The van der Waals surface area contributed by atoms with Gasteiger partial charge in [0.2, 0.25) is 0 Å². The van der Waals surface area contributed by atoms with Gasteiger partial charge in [-0.25, -0.2) is 14.0 Å². The van der Waals surface area contributed by atoms with Crippen molar-refractivity contribution in [2.24, 2.45) is 0 Å². The first-order valence-electron chi connectivity index (χ1n) is 6.09. The zero-order chi connectivity index (χ0) is 16.0. The SMILES string of the molecule is CCC[C@H](NC(=O)Nc1ccc([N+](=O)[O-])cc1F)C(=O)O. The van der Waals surface area contributed by atoms with Crippen LogP contribution in [0.2, 0.25) is 0 Å². The van der Waals surface area contributed by atoms with Gasteiger partial charge in [0, 0.05) is 6.07 Å². The molecule has 0 saturated heterocycles. The number of urea groups is 1. The van der Waals surface area contributed by atoms with Gasteiger partial charge in [-0.3, -0.25) is 10.1 Å². The first-order valence-corrected chi connectivity index (χ1v) is 6.09. The maximum absolute atomic E-state index is 13.6. The van der Waals surface area contributed by atoms with Gasteiger partial charge in [-0.05, 0) is 12.5 Å². The molecule has 21 heavy (non-hydrogen) atoms. The molecule has 8 nitrogen and oxygen atoms in total. The van der Waals surface area contributed by atoms with Gasteiger partial charge >= 0.3 is 12.0 Å². The van der Waals surface area contributed by atoms with Crippen LogP contribution in [0.5, 0.6) is 0 Å². The predicted octanol–water partition coefficient (Wildman–Crippen LogP) is 2.11. The van der Waals surface area contributed by atoms with Gasteiger partial charge < -0.3 is 15.7 Å². The third-order valence-electron chi connectivity index (χ3n) is 2.59. The third kappa shape index (κ3) is 4.71. The highest BCUT2D eigenvalue weighted by atomic mass is 19.1. The van der Waals surface area contributed by atoms with E-state index >= 15 is 0 Å². The van der Waals surface area contributed by atoms with Gasteiger partial charge in [0.1, 0.15) is 6.04 Å². The van der Waals surface area contributed by atoms with E-state index in [2.05, 4.69) is 10.6 Å². The maximum Gasteiger partial charge on any atom is 0.326 e. The number of carbonyl (C=O) groups excluding carboxylic acids is 1. The molecule has 0 aliphatic rings.